The SMILES string of the molecule is CCCOc1ccc(C(=O)Oc2ccc(/C=N/NC(=S)Nc3ccccc3)cc2OCC)cc1. The van der Waals surface area contributed by atoms with Crippen molar-refractivity contribution in [2.75, 3.05) is 18.5 Å². The molecule has 0 fully saturated rings. The summed E-state index contributed by atoms with van der Waals surface area (Å²) < 4.78 is 16.8. The first-order valence-electron chi connectivity index (χ1n) is 11.0. The Morgan fingerprint density at radius 3 is 2.44 bits per heavy atom. The Bertz CT molecular complexity index is 1120. The number of ether oxygens (including phenoxy) is 3. The highest BCUT2D eigenvalue weighted by Gasteiger charge is 2.13. The van der Waals surface area contributed by atoms with Crippen molar-refractivity contribution in [3.05, 3.63) is 83.9 Å². The Labute approximate surface area is 204 Å². The normalized spacial score (nSPS) is 10.5. The van der Waals surface area contributed by atoms with Gasteiger partial charge in [0.15, 0.2) is 16.6 Å². The number of benzene rings is 3. The van der Waals surface area contributed by atoms with Crippen molar-refractivity contribution in [1.82, 2.24) is 5.43 Å². The standard InChI is InChI=1S/C26H27N3O4S/c1-3-16-32-22-13-11-20(12-14-22)25(30)33-23-15-10-19(17-24(23)31-4-2)18-27-29-26(34)28-21-8-6-5-7-9-21/h5-15,17-18H,3-4,16H2,1-2H3,(H2,28,29,34)/b27-18+. The maximum absolute atomic E-state index is 12.6. The van der Waals surface area contributed by atoms with E-state index in [2.05, 4.69) is 15.8 Å². The number of nitrogens with one attached hydrogen (secondary N) is 2. The van der Waals surface area contributed by atoms with Crippen LogP contribution in [-0.2, 0) is 0 Å². The summed E-state index contributed by atoms with van der Waals surface area (Å²) in [6.45, 7) is 4.93. The van der Waals surface area contributed by atoms with E-state index in [1.165, 1.54) is 0 Å². The summed E-state index contributed by atoms with van der Waals surface area (Å²) in [6.07, 6.45) is 2.51. The zero-order valence-corrected chi connectivity index (χ0v) is 19.9. The molecule has 0 saturated heterocycles. The minimum absolute atomic E-state index is 0.324. The minimum Gasteiger partial charge on any atom is -0.494 e. The molecule has 3 aromatic rings. The number of hydrogen-bond acceptors (Lipinski definition) is 6. The lowest BCUT2D eigenvalue weighted by atomic mass is 10.2. The number of hydrazone groups is 1. The monoisotopic (exact) mass is 477 g/mol. The zero-order chi connectivity index (χ0) is 24.2. The van der Waals surface area contributed by atoms with E-state index in [4.69, 9.17) is 26.4 Å². The Balaban J connectivity index is 1.62. The molecule has 3 rings (SSSR count). The van der Waals surface area contributed by atoms with Crippen molar-refractivity contribution in [1.29, 1.82) is 0 Å². The van der Waals surface area contributed by atoms with Gasteiger partial charge in [0.2, 0.25) is 0 Å². The molecule has 0 atom stereocenters. The van der Waals surface area contributed by atoms with Gasteiger partial charge in [-0.3, -0.25) is 5.43 Å². The van der Waals surface area contributed by atoms with E-state index in [1.54, 1.807) is 48.7 Å². The molecule has 0 aliphatic heterocycles. The van der Waals surface area contributed by atoms with E-state index in [9.17, 15) is 4.79 Å². The molecular weight excluding hydrogens is 450 g/mol. The maximum atomic E-state index is 12.6. The molecule has 0 heterocycles. The smallest absolute Gasteiger partial charge is 0.343 e. The molecule has 0 aliphatic rings. The van der Waals surface area contributed by atoms with Crippen molar-refractivity contribution in [3.8, 4) is 17.2 Å². The van der Waals surface area contributed by atoms with E-state index in [0.29, 0.717) is 41.1 Å². The molecule has 0 amide bonds. The largest absolute Gasteiger partial charge is 0.494 e. The highest BCUT2D eigenvalue weighted by Crippen LogP contribution is 2.29. The Morgan fingerprint density at radius 1 is 0.971 bits per heavy atom. The summed E-state index contributed by atoms with van der Waals surface area (Å²) in [6, 6.07) is 21.6. The third-order valence-electron chi connectivity index (χ3n) is 4.44. The molecule has 0 unspecified atom stereocenters. The average molecular weight is 478 g/mol. The molecular formula is C26H27N3O4S. The highest BCUT2D eigenvalue weighted by atomic mass is 32.1. The molecule has 0 saturated carbocycles. The van der Waals surface area contributed by atoms with Crippen LogP contribution in [0.1, 0.15) is 36.2 Å². The molecule has 8 heteroatoms. The lowest BCUT2D eigenvalue weighted by molar-refractivity contribution is 0.0728. The van der Waals surface area contributed by atoms with Gasteiger partial charge in [-0.1, -0.05) is 25.1 Å². The maximum Gasteiger partial charge on any atom is 0.343 e. The van der Waals surface area contributed by atoms with Crippen molar-refractivity contribution in [2.24, 2.45) is 5.10 Å². The molecule has 0 aliphatic carbocycles. The van der Waals surface area contributed by atoms with Gasteiger partial charge in [0.1, 0.15) is 5.75 Å². The van der Waals surface area contributed by atoms with E-state index in [0.717, 1.165) is 17.7 Å². The first-order chi connectivity index (χ1) is 16.6. The lowest BCUT2D eigenvalue weighted by Gasteiger charge is -2.12. The summed E-state index contributed by atoms with van der Waals surface area (Å²) in [5.41, 5.74) is 4.80. The minimum atomic E-state index is -0.483. The quantitative estimate of drug-likeness (QED) is 0.133. The summed E-state index contributed by atoms with van der Waals surface area (Å²) in [4.78, 5) is 12.6. The summed E-state index contributed by atoms with van der Waals surface area (Å²) >= 11 is 5.24. The number of carbonyl (C=O) groups is 1. The van der Waals surface area contributed by atoms with Crippen molar-refractivity contribution in [2.45, 2.75) is 20.3 Å². The van der Waals surface area contributed by atoms with Crippen LogP contribution in [-0.4, -0.2) is 30.5 Å². The third-order valence-corrected chi connectivity index (χ3v) is 4.64. The number of para-hydroxylation sites is 1. The first-order valence-corrected chi connectivity index (χ1v) is 11.4. The van der Waals surface area contributed by atoms with E-state index in [1.807, 2.05) is 44.2 Å². The second-order valence-electron chi connectivity index (χ2n) is 7.09. The molecule has 34 heavy (non-hydrogen) atoms. The first kappa shape index (κ1) is 24.7. The molecule has 0 radical (unpaired) electrons. The van der Waals surface area contributed by atoms with Crippen molar-refractivity contribution >= 4 is 35.2 Å². The zero-order valence-electron chi connectivity index (χ0n) is 19.1. The lowest BCUT2D eigenvalue weighted by Crippen LogP contribution is -2.23. The van der Waals surface area contributed by atoms with Gasteiger partial charge in [0.25, 0.3) is 0 Å². The van der Waals surface area contributed by atoms with Gasteiger partial charge in [0, 0.05) is 5.69 Å². The summed E-state index contributed by atoms with van der Waals surface area (Å²) in [5, 5.41) is 7.55. The molecule has 176 valence electrons. The van der Waals surface area contributed by atoms with Gasteiger partial charge in [0.05, 0.1) is 25.0 Å². The molecule has 0 aromatic heterocycles. The number of nitrogens with zero attached hydrogens (tertiary/aromatic N) is 1. The van der Waals surface area contributed by atoms with Crippen LogP contribution < -0.4 is 25.0 Å². The van der Waals surface area contributed by atoms with Gasteiger partial charge >= 0.3 is 5.97 Å². The van der Waals surface area contributed by atoms with Crippen LogP contribution >= 0.6 is 12.2 Å². The Hall–Kier alpha value is -3.91. The van der Waals surface area contributed by atoms with Crippen LogP contribution in [0.2, 0.25) is 0 Å². The van der Waals surface area contributed by atoms with Gasteiger partial charge in [-0.2, -0.15) is 5.10 Å². The Morgan fingerprint density at radius 2 is 1.74 bits per heavy atom. The second-order valence-corrected chi connectivity index (χ2v) is 7.50. The van der Waals surface area contributed by atoms with Crippen LogP contribution in [0.5, 0.6) is 17.2 Å². The third kappa shape index (κ3) is 7.60. The van der Waals surface area contributed by atoms with Gasteiger partial charge in [-0.15, -0.1) is 0 Å². The van der Waals surface area contributed by atoms with E-state index < -0.39 is 5.97 Å². The fourth-order valence-electron chi connectivity index (χ4n) is 2.87. The molecule has 3 aromatic carbocycles. The predicted octanol–water partition coefficient (Wildman–Crippen LogP) is 5.41. The van der Waals surface area contributed by atoms with Gasteiger partial charge in [-0.05, 0) is 85.7 Å². The van der Waals surface area contributed by atoms with E-state index >= 15 is 0 Å². The van der Waals surface area contributed by atoms with Crippen LogP contribution in [0, 0.1) is 0 Å². The van der Waals surface area contributed by atoms with Crippen molar-refractivity contribution < 1.29 is 19.0 Å². The number of hydrogen-bond donors (Lipinski definition) is 2. The number of rotatable bonds is 10. The number of esters is 1. The summed E-state index contributed by atoms with van der Waals surface area (Å²) in [5.74, 6) is 0.990. The van der Waals surface area contributed by atoms with Gasteiger partial charge < -0.3 is 19.5 Å². The molecule has 0 spiro atoms. The topological polar surface area (TPSA) is 81.2 Å². The summed E-state index contributed by atoms with van der Waals surface area (Å²) in [7, 11) is 0. The average Bonchev–Trinajstić information content (AvgIpc) is 2.85. The van der Waals surface area contributed by atoms with Gasteiger partial charge in [-0.25, -0.2) is 4.79 Å². The Kier molecular flexibility index (Phi) is 9.42. The fraction of sp³-hybridized carbons (Fsp3) is 0.192. The number of thiocarbonyl (C=S) groups is 1. The molecule has 2 N–H and O–H groups in total. The van der Waals surface area contributed by atoms with Crippen LogP contribution in [0.15, 0.2) is 77.9 Å². The fourth-order valence-corrected chi connectivity index (χ4v) is 3.04. The number of anilines is 1. The van der Waals surface area contributed by atoms with Crippen molar-refractivity contribution in [3.63, 3.8) is 0 Å². The second kappa shape index (κ2) is 13.0. The van der Waals surface area contributed by atoms with Crippen LogP contribution in [0.4, 0.5) is 5.69 Å². The van der Waals surface area contributed by atoms with Crippen LogP contribution in [0.25, 0.3) is 0 Å². The van der Waals surface area contributed by atoms with Crippen LogP contribution in [0.3, 0.4) is 0 Å². The molecule has 0 bridgehead atoms. The highest BCUT2D eigenvalue weighted by molar-refractivity contribution is 7.80. The number of carbonyl (C=O) groups excluding carboxylic acids is 1. The van der Waals surface area contributed by atoms with E-state index in [-0.39, 0.29) is 0 Å². The molecule has 7 nitrogen and oxygen atoms in total. The predicted molar refractivity (Wildman–Crippen MR) is 138 cm³/mol.